The number of ether oxygens (including phenoxy) is 1. The third-order valence-corrected chi connectivity index (χ3v) is 4.32. The SMILES string of the molecule is CCOC1CCCN(C2CNCc3ccccc32)C1. The predicted octanol–water partition coefficient (Wildman–Crippen LogP) is 2.33. The van der Waals surface area contributed by atoms with Gasteiger partial charge in [-0.15, -0.1) is 0 Å². The van der Waals surface area contributed by atoms with Crippen molar-refractivity contribution in [2.45, 2.75) is 38.5 Å². The van der Waals surface area contributed by atoms with E-state index in [9.17, 15) is 0 Å². The van der Waals surface area contributed by atoms with Crippen LogP contribution in [0, 0.1) is 0 Å². The fraction of sp³-hybridized carbons (Fsp3) is 0.625. The highest BCUT2D eigenvalue weighted by Gasteiger charge is 2.29. The minimum atomic E-state index is 0.424. The van der Waals surface area contributed by atoms with Gasteiger partial charge in [0.2, 0.25) is 0 Å². The van der Waals surface area contributed by atoms with Gasteiger partial charge in [-0.25, -0.2) is 0 Å². The van der Waals surface area contributed by atoms with Crippen LogP contribution in [0.25, 0.3) is 0 Å². The second-order valence-electron chi connectivity index (χ2n) is 5.56. The Balaban J connectivity index is 1.75. The van der Waals surface area contributed by atoms with Crippen LogP contribution in [0.5, 0.6) is 0 Å². The zero-order valence-electron chi connectivity index (χ0n) is 11.8. The first-order valence-corrected chi connectivity index (χ1v) is 7.52. The van der Waals surface area contributed by atoms with Crippen molar-refractivity contribution in [2.75, 3.05) is 26.2 Å². The van der Waals surface area contributed by atoms with Gasteiger partial charge in [-0.05, 0) is 37.4 Å². The Bertz CT molecular complexity index is 419. The molecule has 2 aliphatic rings. The molecule has 19 heavy (non-hydrogen) atoms. The highest BCUT2D eigenvalue weighted by molar-refractivity contribution is 5.32. The average Bonchev–Trinajstić information content (AvgIpc) is 2.47. The molecule has 0 radical (unpaired) electrons. The quantitative estimate of drug-likeness (QED) is 0.903. The molecule has 2 aliphatic heterocycles. The number of nitrogens with one attached hydrogen (secondary N) is 1. The fourth-order valence-corrected chi connectivity index (χ4v) is 3.42. The molecule has 104 valence electrons. The molecule has 0 aliphatic carbocycles. The number of hydrogen-bond donors (Lipinski definition) is 1. The smallest absolute Gasteiger partial charge is 0.0702 e. The number of likely N-dealkylation sites (tertiary alicyclic amines) is 1. The predicted molar refractivity (Wildman–Crippen MR) is 77.1 cm³/mol. The Labute approximate surface area is 115 Å². The van der Waals surface area contributed by atoms with Crippen molar-refractivity contribution >= 4 is 0 Å². The van der Waals surface area contributed by atoms with Gasteiger partial charge < -0.3 is 10.1 Å². The third-order valence-electron chi connectivity index (χ3n) is 4.32. The van der Waals surface area contributed by atoms with E-state index in [1.54, 1.807) is 0 Å². The molecule has 1 N–H and O–H groups in total. The van der Waals surface area contributed by atoms with Gasteiger partial charge in [0.25, 0.3) is 0 Å². The first kappa shape index (κ1) is 13.1. The second kappa shape index (κ2) is 6.04. The molecule has 2 unspecified atom stereocenters. The van der Waals surface area contributed by atoms with E-state index >= 15 is 0 Å². The van der Waals surface area contributed by atoms with E-state index in [4.69, 9.17) is 4.74 Å². The van der Waals surface area contributed by atoms with Crippen molar-refractivity contribution in [3.05, 3.63) is 35.4 Å². The number of benzene rings is 1. The molecule has 2 heterocycles. The monoisotopic (exact) mass is 260 g/mol. The van der Waals surface area contributed by atoms with Crippen LogP contribution in [-0.4, -0.2) is 37.2 Å². The van der Waals surface area contributed by atoms with Crippen LogP contribution in [0.1, 0.15) is 36.9 Å². The van der Waals surface area contributed by atoms with Crippen LogP contribution in [0.2, 0.25) is 0 Å². The summed E-state index contributed by atoms with van der Waals surface area (Å²) < 4.78 is 5.83. The van der Waals surface area contributed by atoms with E-state index < -0.39 is 0 Å². The number of piperidine rings is 1. The molecule has 0 saturated carbocycles. The first-order valence-electron chi connectivity index (χ1n) is 7.52. The molecule has 2 atom stereocenters. The van der Waals surface area contributed by atoms with Gasteiger partial charge in [-0.3, -0.25) is 4.90 Å². The Morgan fingerprint density at radius 2 is 2.26 bits per heavy atom. The number of hydrogen-bond acceptors (Lipinski definition) is 3. The summed E-state index contributed by atoms with van der Waals surface area (Å²) in [5, 5.41) is 3.55. The molecule has 3 rings (SSSR count). The molecule has 0 spiro atoms. The molecule has 0 amide bonds. The molecule has 3 nitrogen and oxygen atoms in total. The van der Waals surface area contributed by atoms with Crippen LogP contribution in [0.3, 0.4) is 0 Å². The van der Waals surface area contributed by atoms with Gasteiger partial charge in [0.1, 0.15) is 0 Å². The average molecular weight is 260 g/mol. The zero-order chi connectivity index (χ0) is 13.1. The maximum absolute atomic E-state index is 5.83. The lowest BCUT2D eigenvalue weighted by atomic mass is 9.93. The van der Waals surface area contributed by atoms with Crippen LogP contribution >= 0.6 is 0 Å². The van der Waals surface area contributed by atoms with Crippen LogP contribution in [0.15, 0.2) is 24.3 Å². The summed E-state index contributed by atoms with van der Waals surface area (Å²) in [5.74, 6) is 0. The normalized spacial score (nSPS) is 28.1. The minimum Gasteiger partial charge on any atom is -0.377 e. The van der Waals surface area contributed by atoms with Crippen LogP contribution in [0.4, 0.5) is 0 Å². The van der Waals surface area contributed by atoms with Gasteiger partial charge in [0.15, 0.2) is 0 Å². The highest BCUT2D eigenvalue weighted by Crippen LogP contribution is 2.29. The lowest BCUT2D eigenvalue weighted by Crippen LogP contribution is -2.46. The molecule has 1 aromatic carbocycles. The van der Waals surface area contributed by atoms with E-state index in [-0.39, 0.29) is 0 Å². The van der Waals surface area contributed by atoms with E-state index in [1.807, 2.05) is 0 Å². The van der Waals surface area contributed by atoms with Crippen molar-refractivity contribution in [3.63, 3.8) is 0 Å². The fourth-order valence-electron chi connectivity index (χ4n) is 3.42. The number of rotatable bonds is 3. The third kappa shape index (κ3) is 2.83. The van der Waals surface area contributed by atoms with E-state index in [0.29, 0.717) is 12.1 Å². The summed E-state index contributed by atoms with van der Waals surface area (Å²) in [6, 6.07) is 9.38. The van der Waals surface area contributed by atoms with Crippen molar-refractivity contribution in [1.29, 1.82) is 0 Å². The van der Waals surface area contributed by atoms with Crippen molar-refractivity contribution in [1.82, 2.24) is 10.2 Å². The number of fused-ring (bicyclic) bond motifs is 1. The summed E-state index contributed by atoms with van der Waals surface area (Å²) in [6.45, 7) is 7.28. The van der Waals surface area contributed by atoms with Crippen molar-refractivity contribution in [2.24, 2.45) is 0 Å². The molecule has 0 bridgehead atoms. The molecular formula is C16H24N2O. The van der Waals surface area contributed by atoms with E-state index in [1.165, 1.54) is 30.5 Å². The van der Waals surface area contributed by atoms with Gasteiger partial charge in [0, 0.05) is 32.3 Å². The Morgan fingerprint density at radius 3 is 3.16 bits per heavy atom. The molecule has 1 aromatic rings. The topological polar surface area (TPSA) is 24.5 Å². The Hall–Kier alpha value is -0.900. The second-order valence-corrected chi connectivity index (χ2v) is 5.56. The summed E-state index contributed by atoms with van der Waals surface area (Å²) in [5.41, 5.74) is 2.97. The first-order chi connectivity index (χ1) is 9.38. The lowest BCUT2D eigenvalue weighted by Gasteiger charge is -2.40. The highest BCUT2D eigenvalue weighted by atomic mass is 16.5. The summed E-state index contributed by atoms with van der Waals surface area (Å²) >= 11 is 0. The van der Waals surface area contributed by atoms with Gasteiger partial charge in [-0.2, -0.15) is 0 Å². The van der Waals surface area contributed by atoms with Crippen LogP contribution in [-0.2, 0) is 11.3 Å². The Kier molecular flexibility index (Phi) is 4.16. The van der Waals surface area contributed by atoms with Gasteiger partial charge in [-0.1, -0.05) is 24.3 Å². The maximum atomic E-state index is 5.83. The summed E-state index contributed by atoms with van der Waals surface area (Å²) in [6.07, 6.45) is 2.89. The largest absolute Gasteiger partial charge is 0.377 e. The standard InChI is InChI=1S/C16H24N2O/c1-2-19-14-7-5-9-18(12-14)16-11-17-10-13-6-3-4-8-15(13)16/h3-4,6,8,14,16-17H,2,5,7,9-12H2,1H3. The van der Waals surface area contributed by atoms with E-state index in [0.717, 1.165) is 26.2 Å². The molecule has 1 fully saturated rings. The molecule has 1 saturated heterocycles. The molecule has 0 aromatic heterocycles. The van der Waals surface area contributed by atoms with E-state index in [2.05, 4.69) is 41.4 Å². The molecular weight excluding hydrogens is 236 g/mol. The lowest BCUT2D eigenvalue weighted by molar-refractivity contribution is -0.00863. The number of nitrogens with zero attached hydrogens (tertiary/aromatic N) is 1. The van der Waals surface area contributed by atoms with Gasteiger partial charge in [0.05, 0.1) is 6.10 Å². The summed E-state index contributed by atoms with van der Waals surface area (Å²) in [4.78, 5) is 2.61. The maximum Gasteiger partial charge on any atom is 0.0702 e. The van der Waals surface area contributed by atoms with Gasteiger partial charge >= 0.3 is 0 Å². The van der Waals surface area contributed by atoms with Crippen molar-refractivity contribution in [3.8, 4) is 0 Å². The zero-order valence-corrected chi connectivity index (χ0v) is 11.8. The van der Waals surface area contributed by atoms with Crippen molar-refractivity contribution < 1.29 is 4.74 Å². The summed E-state index contributed by atoms with van der Waals surface area (Å²) in [7, 11) is 0. The minimum absolute atomic E-state index is 0.424. The molecule has 3 heteroatoms. The van der Waals surface area contributed by atoms with Crippen LogP contribution < -0.4 is 5.32 Å². The Morgan fingerprint density at radius 1 is 1.37 bits per heavy atom.